The van der Waals surface area contributed by atoms with Crippen molar-refractivity contribution in [2.45, 2.75) is 6.61 Å². The largest absolute Gasteiger partial charge is 0.460 e. The van der Waals surface area contributed by atoms with Gasteiger partial charge in [-0.3, -0.25) is 14.6 Å². The van der Waals surface area contributed by atoms with Crippen molar-refractivity contribution in [3.05, 3.63) is 66.0 Å². The lowest BCUT2D eigenvalue weighted by molar-refractivity contribution is -0.143. The molecule has 1 aromatic heterocycles. The maximum Gasteiger partial charge on any atom is 0.325 e. The summed E-state index contributed by atoms with van der Waals surface area (Å²) in [5.41, 5.74) is 1.36. The molecule has 2 aromatic rings. The lowest BCUT2D eigenvalue weighted by atomic mass is 10.2. The highest BCUT2D eigenvalue weighted by Crippen LogP contribution is 1.99. The van der Waals surface area contributed by atoms with E-state index in [1.807, 2.05) is 6.07 Å². The molecule has 1 amide bonds. The minimum atomic E-state index is -0.480. The van der Waals surface area contributed by atoms with Crippen molar-refractivity contribution < 1.29 is 14.3 Å². The van der Waals surface area contributed by atoms with E-state index in [1.165, 1.54) is 0 Å². The zero-order valence-corrected chi connectivity index (χ0v) is 10.8. The van der Waals surface area contributed by atoms with Crippen molar-refractivity contribution in [2.24, 2.45) is 0 Å². The molecule has 0 saturated heterocycles. The van der Waals surface area contributed by atoms with Gasteiger partial charge in [-0.05, 0) is 29.8 Å². The smallest absolute Gasteiger partial charge is 0.325 e. The molecule has 0 saturated carbocycles. The van der Waals surface area contributed by atoms with Gasteiger partial charge in [0.15, 0.2) is 0 Å². The van der Waals surface area contributed by atoms with Crippen LogP contribution in [-0.2, 0) is 16.1 Å². The van der Waals surface area contributed by atoms with Gasteiger partial charge in [-0.2, -0.15) is 0 Å². The maximum atomic E-state index is 11.7. The van der Waals surface area contributed by atoms with Crippen molar-refractivity contribution in [3.8, 4) is 0 Å². The van der Waals surface area contributed by atoms with E-state index < -0.39 is 5.97 Å². The number of nitrogens with one attached hydrogen (secondary N) is 1. The van der Waals surface area contributed by atoms with E-state index in [1.54, 1.807) is 48.8 Å². The number of carbonyl (C=O) groups is 2. The number of esters is 1. The van der Waals surface area contributed by atoms with E-state index in [-0.39, 0.29) is 19.1 Å². The molecule has 0 spiro atoms. The Labute approximate surface area is 116 Å². The fourth-order valence-corrected chi connectivity index (χ4v) is 1.54. The summed E-state index contributed by atoms with van der Waals surface area (Å²) in [4.78, 5) is 27.1. The van der Waals surface area contributed by atoms with Crippen molar-refractivity contribution >= 4 is 11.9 Å². The van der Waals surface area contributed by atoms with E-state index in [0.717, 1.165) is 5.56 Å². The van der Waals surface area contributed by atoms with Gasteiger partial charge in [-0.25, -0.2) is 0 Å². The quantitative estimate of drug-likeness (QED) is 0.837. The first kappa shape index (κ1) is 13.7. The van der Waals surface area contributed by atoms with Gasteiger partial charge >= 0.3 is 5.97 Å². The third-order valence-corrected chi connectivity index (χ3v) is 2.58. The van der Waals surface area contributed by atoms with E-state index in [0.29, 0.717) is 5.56 Å². The molecule has 0 aliphatic heterocycles. The Hall–Kier alpha value is -2.69. The summed E-state index contributed by atoms with van der Waals surface area (Å²) in [6, 6.07) is 12.2. The minimum absolute atomic E-state index is 0.154. The van der Waals surface area contributed by atoms with Crippen LogP contribution < -0.4 is 5.32 Å². The highest BCUT2D eigenvalue weighted by atomic mass is 16.5. The fraction of sp³-hybridized carbons (Fsp3) is 0.133. The zero-order chi connectivity index (χ0) is 14.2. The van der Waals surface area contributed by atoms with Crippen LogP contribution in [0.1, 0.15) is 15.9 Å². The number of aromatic nitrogens is 1. The van der Waals surface area contributed by atoms with Crippen LogP contribution in [0.3, 0.4) is 0 Å². The molecule has 1 aromatic carbocycles. The van der Waals surface area contributed by atoms with Crippen molar-refractivity contribution in [1.82, 2.24) is 10.3 Å². The van der Waals surface area contributed by atoms with Crippen LogP contribution >= 0.6 is 0 Å². The summed E-state index contributed by atoms with van der Waals surface area (Å²) in [6.45, 7) is 0.0152. The Balaban J connectivity index is 1.74. The second-order valence-electron chi connectivity index (χ2n) is 4.06. The summed E-state index contributed by atoms with van der Waals surface area (Å²) in [6.07, 6.45) is 3.25. The molecule has 102 valence electrons. The SMILES string of the molecule is O=C(CNC(=O)c1ccccc1)OCc1ccncc1. The molecule has 0 bridgehead atoms. The number of ether oxygens (including phenoxy) is 1. The van der Waals surface area contributed by atoms with Crippen LogP contribution in [0.5, 0.6) is 0 Å². The van der Waals surface area contributed by atoms with Gasteiger partial charge in [0, 0.05) is 18.0 Å². The molecule has 0 unspecified atom stereocenters. The molecule has 5 heteroatoms. The Kier molecular flexibility index (Phi) is 4.83. The van der Waals surface area contributed by atoms with Gasteiger partial charge in [0.1, 0.15) is 13.2 Å². The van der Waals surface area contributed by atoms with Crippen LogP contribution in [0, 0.1) is 0 Å². The normalized spacial score (nSPS) is 9.80. The Bertz CT molecular complexity index is 570. The van der Waals surface area contributed by atoms with Crippen molar-refractivity contribution in [1.29, 1.82) is 0 Å². The van der Waals surface area contributed by atoms with Crippen LogP contribution in [0.2, 0.25) is 0 Å². The van der Waals surface area contributed by atoms with Crippen LogP contribution in [0.4, 0.5) is 0 Å². The van der Waals surface area contributed by atoms with E-state index in [9.17, 15) is 9.59 Å². The zero-order valence-electron chi connectivity index (χ0n) is 10.8. The van der Waals surface area contributed by atoms with E-state index in [2.05, 4.69) is 10.3 Å². The maximum absolute atomic E-state index is 11.7. The Morgan fingerprint density at radius 1 is 1.05 bits per heavy atom. The molecule has 1 N–H and O–H groups in total. The van der Waals surface area contributed by atoms with E-state index >= 15 is 0 Å². The van der Waals surface area contributed by atoms with Gasteiger partial charge in [0.25, 0.3) is 5.91 Å². The van der Waals surface area contributed by atoms with Gasteiger partial charge in [0.05, 0.1) is 0 Å². The topological polar surface area (TPSA) is 68.3 Å². The molecule has 5 nitrogen and oxygen atoms in total. The van der Waals surface area contributed by atoms with Crippen LogP contribution in [-0.4, -0.2) is 23.4 Å². The van der Waals surface area contributed by atoms with E-state index in [4.69, 9.17) is 4.74 Å². The predicted molar refractivity (Wildman–Crippen MR) is 72.8 cm³/mol. The average molecular weight is 270 g/mol. The molecular weight excluding hydrogens is 256 g/mol. The molecule has 0 aliphatic carbocycles. The molecule has 2 rings (SSSR count). The highest BCUT2D eigenvalue weighted by Gasteiger charge is 2.08. The third kappa shape index (κ3) is 4.20. The first-order valence-corrected chi connectivity index (χ1v) is 6.13. The number of rotatable bonds is 5. The molecule has 0 aliphatic rings. The van der Waals surface area contributed by atoms with Crippen LogP contribution in [0.25, 0.3) is 0 Å². The summed E-state index contributed by atoms with van der Waals surface area (Å²) in [5, 5.41) is 2.51. The summed E-state index contributed by atoms with van der Waals surface area (Å²) in [5.74, 6) is -0.780. The number of carbonyl (C=O) groups excluding carboxylic acids is 2. The second kappa shape index (κ2) is 7.04. The predicted octanol–water partition coefficient (Wildman–Crippen LogP) is 1.55. The lowest BCUT2D eigenvalue weighted by Gasteiger charge is -2.06. The number of pyridine rings is 1. The molecule has 1 heterocycles. The highest BCUT2D eigenvalue weighted by molar-refractivity contribution is 5.95. The Morgan fingerprint density at radius 3 is 2.45 bits per heavy atom. The summed E-state index contributed by atoms with van der Waals surface area (Å²) in [7, 11) is 0. The Morgan fingerprint density at radius 2 is 1.75 bits per heavy atom. The molecule has 20 heavy (non-hydrogen) atoms. The van der Waals surface area contributed by atoms with Gasteiger partial charge in [-0.1, -0.05) is 18.2 Å². The van der Waals surface area contributed by atoms with Crippen molar-refractivity contribution in [3.63, 3.8) is 0 Å². The fourth-order valence-electron chi connectivity index (χ4n) is 1.54. The molecular formula is C15H14N2O3. The third-order valence-electron chi connectivity index (χ3n) is 2.58. The molecule has 0 fully saturated rings. The number of amides is 1. The molecule has 0 atom stereocenters. The molecule has 0 radical (unpaired) electrons. The number of hydrogen-bond donors (Lipinski definition) is 1. The lowest BCUT2D eigenvalue weighted by Crippen LogP contribution is -2.30. The average Bonchev–Trinajstić information content (AvgIpc) is 2.52. The number of hydrogen-bond acceptors (Lipinski definition) is 4. The number of benzene rings is 1. The monoisotopic (exact) mass is 270 g/mol. The standard InChI is InChI=1S/C15H14N2O3/c18-14(20-11-12-6-8-16-9-7-12)10-17-15(19)13-4-2-1-3-5-13/h1-9H,10-11H2,(H,17,19). The van der Waals surface area contributed by atoms with Gasteiger partial charge in [0.2, 0.25) is 0 Å². The summed E-state index contributed by atoms with van der Waals surface area (Å²) >= 11 is 0. The van der Waals surface area contributed by atoms with Gasteiger partial charge < -0.3 is 10.1 Å². The summed E-state index contributed by atoms with van der Waals surface area (Å²) < 4.78 is 5.03. The number of nitrogens with zero attached hydrogens (tertiary/aromatic N) is 1. The first-order chi connectivity index (χ1) is 9.75. The van der Waals surface area contributed by atoms with Gasteiger partial charge in [-0.15, -0.1) is 0 Å². The second-order valence-corrected chi connectivity index (χ2v) is 4.06. The minimum Gasteiger partial charge on any atom is -0.460 e. The van der Waals surface area contributed by atoms with Crippen molar-refractivity contribution in [2.75, 3.05) is 6.54 Å². The van der Waals surface area contributed by atoms with Crippen LogP contribution in [0.15, 0.2) is 54.9 Å². The first-order valence-electron chi connectivity index (χ1n) is 6.13.